The van der Waals surface area contributed by atoms with E-state index in [1.165, 1.54) is 6.07 Å². The summed E-state index contributed by atoms with van der Waals surface area (Å²) in [6, 6.07) is 4.81. The number of nitrogens with two attached hydrogens (primary N) is 1. The van der Waals surface area contributed by atoms with Crippen molar-refractivity contribution in [3.05, 3.63) is 33.8 Å². The van der Waals surface area contributed by atoms with Crippen molar-refractivity contribution in [3.63, 3.8) is 0 Å². The topological polar surface area (TPSA) is 26.0 Å². The highest BCUT2D eigenvalue weighted by atomic mass is 79.9. The summed E-state index contributed by atoms with van der Waals surface area (Å²) in [7, 11) is 0. The fraction of sp³-hybridized carbons (Fsp3) is 0.333. The maximum Gasteiger partial charge on any atom is 0.286 e. The van der Waals surface area contributed by atoms with E-state index < -0.39 is 12.5 Å². The highest BCUT2D eigenvalue weighted by Crippen LogP contribution is 2.33. The third kappa shape index (κ3) is 2.25. The van der Waals surface area contributed by atoms with Crippen molar-refractivity contribution in [2.45, 2.75) is 12.8 Å². The maximum atomic E-state index is 13.2. The molecule has 0 saturated carbocycles. The van der Waals surface area contributed by atoms with Gasteiger partial charge in [-0.15, -0.1) is 0 Å². The SMILES string of the molecule is Cc1ccc(Br)c(C(F)(F)CN)c1. The van der Waals surface area contributed by atoms with Crippen LogP contribution < -0.4 is 5.73 Å². The van der Waals surface area contributed by atoms with Gasteiger partial charge in [0.1, 0.15) is 0 Å². The van der Waals surface area contributed by atoms with E-state index in [4.69, 9.17) is 5.73 Å². The van der Waals surface area contributed by atoms with E-state index in [2.05, 4.69) is 15.9 Å². The lowest BCUT2D eigenvalue weighted by atomic mass is 10.1. The molecule has 0 bridgehead atoms. The van der Waals surface area contributed by atoms with Gasteiger partial charge in [0.05, 0.1) is 6.54 Å². The van der Waals surface area contributed by atoms with Gasteiger partial charge in [0.15, 0.2) is 0 Å². The lowest BCUT2D eigenvalue weighted by Gasteiger charge is -2.16. The van der Waals surface area contributed by atoms with Crippen LogP contribution in [-0.4, -0.2) is 6.54 Å². The molecule has 0 saturated heterocycles. The number of hydrogen-bond acceptors (Lipinski definition) is 1. The molecule has 0 spiro atoms. The first-order chi connectivity index (χ1) is 5.97. The van der Waals surface area contributed by atoms with Crippen LogP contribution in [0.5, 0.6) is 0 Å². The molecule has 1 aromatic carbocycles. The molecule has 72 valence electrons. The molecule has 0 unspecified atom stereocenters. The molecule has 0 aromatic heterocycles. The number of hydrogen-bond donors (Lipinski definition) is 1. The van der Waals surface area contributed by atoms with E-state index in [9.17, 15) is 8.78 Å². The smallest absolute Gasteiger partial charge is 0.286 e. The minimum Gasteiger partial charge on any atom is -0.325 e. The van der Waals surface area contributed by atoms with Gasteiger partial charge in [0, 0.05) is 10.0 Å². The highest BCUT2D eigenvalue weighted by molar-refractivity contribution is 9.10. The van der Waals surface area contributed by atoms with Crippen molar-refractivity contribution in [2.24, 2.45) is 5.73 Å². The van der Waals surface area contributed by atoms with Gasteiger partial charge < -0.3 is 5.73 Å². The van der Waals surface area contributed by atoms with Crippen LogP contribution in [0.1, 0.15) is 11.1 Å². The Kier molecular flexibility index (Phi) is 3.03. The zero-order chi connectivity index (χ0) is 10.1. The molecule has 0 fully saturated rings. The number of aryl methyl sites for hydroxylation is 1. The van der Waals surface area contributed by atoms with Crippen LogP contribution >= 0.6 is 15.9 Å². The Balaban J connectivity index is 3.20. The first-order valence-corrected chi connectivity index (χ1v) is 4.61. The van der Waals surface area contributed by atoms with Gasteiger partial charge in [-0.1, -0.05) is 27.6 Å². The Morgan fingerprint density at radius 3 is 2.62 bits per heavy atom. The number of halogens is 3. The molecular formula is C9H10BrF2N. The summed E-state index contributed by atoms with van der Waals surface area (Å²) >= 11 is 3.07. The van der Waals surface area contributed by atoms with Crippen LogP contribution in [0, 0.1) is 6.92 Å². The minimum atomic E-state index is -2.95. The normalized spacial score (nSPS) is 11.8. The fourth-order valence-corrected chi connectivity index (χ4v) is 1.57. The van der Waals surface area contributed by atoms with Gasteiger partial charge in [-0.2, -0.15) is 8.78 Å². The summed E-state index contributed by atoms with van der Waals surface area (Å²) in [4.78, 5) is 0. The van der Waals surface area contributed by atoms with E-state index in [0.29, 0.717) is 4.47 Å². The van der Waals surface area contributed by atoms with Crippen molar-refractivity contribution in [1.82, 2.24) is 0 Å². The maximum absolute atomic E-state index is 13.2. The molecule has 0 heterocycles. The summed E-state index contributed by atoms with van der Waals surface area (Å²) in [5, 5.41) is 0. The lowest BCUT2D eigenvalue weighted by molar-refractivity contribution is 0.00515. The zero-order valence-corrected chi connectivity index (χ0v) is 8.74. The predicted molar refractivity (Wildman–Crippen MR) is 51.8 cm³/mol. The summed E-state index contributed by atoms with van der Waals surface area (Å²) in [6.45, 7) is 1.09. The van der Waals surface area contributed by atoms with Crippen molar-refractivity contribution in [3.8, 4) is 0 Å². The zero-order valence-electron chi connectivity index (χ0n) is 7.15. The summed E-state index contributed by atoms with van der Waals surface area (Å²) < 4.78 is 26.7. The molecule has 2 N–H and O–H groups in total. The van der Waals surface area contributed by atoms with Crippen molar-refractivity contribution < 1.29 is 8.78 Å². The predicted octanol–water partition coefficient (Wildman–Crippen LogP) is 2.81. The van der Waals surface area contributed by atoms with Crippen molar-refractivity contribution >= 4 is 15.9 Å². The van der Waals surface area contributed by atoms with E-state index in [1.54, 1.807) is 19.1 Å². The van der Waals surface area contributed by atoms with E-state index >= 15 is 0 Å². The Bertz CT molecular complexity index is 312. The summed E-state index contributed by atoms with van der Waals surface area (Å²) in [6.07, 6.45) is 0. The highest BCUT2D eigenvalue weighted by Gasteiger charge is 2.31. The van der Waals surface area contributed by atoms with Gasteiger partial charge in [-0.25, -0.2) is 0 Å². The third-order valence-electron chi connectivity index (χ3n) is 1.77. The molecule has 1 rings (SSSR count). The molecule has 0 aliphatic carbocycles. The molecular weight excluding hydrogens is 240 g/mol. The lowest BCUT2D eigenvalue weighted by Crippen LogP contribution is -2.25. The van der Waals surface area contributed by atoms with Crippen LogP contribution in [0.15, 0.2) is 22.7 Å². The van der Waals surface area contributed by atoms with Crippen molar-refractivity contribution in [1.29, 1.82) is 0 Å². The Hall–Kier alpha value is -0.480. The van der Waals surface area contributed by atoms with E-state index in [0.717, 1.165) is 5.56 Å². The van der Waals surface area contributed by atoms with Crippen LogP contribution in [0.3, 0.4) is 0 Å². The molecule has 0 amide bonds. The van der Waals surface area contributed by atoms with Gasteiger partial charge in [-0.3, -0.25) is 0 Å². The molecule has 0 atom stereocenters. The van der Waals surface area contributed by atoms with Crippen LogP contribution in [0.25, 0.3) is 0 Å². The second-order valence-electron chi connectivity index (χ2n) is 2.89. The molecule has 13 heavy (non-hydrogen) atoms. The first-order valence-electron chi connectivity index (χ1n) is 3.82. The van der Waals surface area contributed by atoms with Crippen LogP contribution in [0.4, 0.5) is 8.78 Å². The molecule has 1 aromatic rings. The van der Waals surface area contributed by atoms with E-state index in [1.807, 2.05) is 0 Å². The Labute approximate surface area is 84.1 Å². The van der Waals surface area contributed by atoms with Crippen LogP contribution in [0.2, 0.25) is 0 Å². The average molecular weight is 250 g/mol. The van der Waals surface area contributed by atoms with Gasteiger partial charge in [-0.05, 0) is 19.1 Å². The standard InChI is InChI=1S/C9H10BrF2N/c1-6-2-3-8(10)7(4-6)9(11,12)5-13/h2-4H,5,13H2,1H3. The quantitative estimate of drug-likeness (QED) is 0.858. The summed E-state index contributed by atoms with van der Waals surface area (Å²) in [5.41, 5.74) is 5.74. The fourth-order valence-electron chi connectivity index (χ4n) is 1.03. The second kappa shape index (κ2) is 3.72. The second-order valence-corrected chi connectivity index (χ2v) is 3.75. The average Bonchev–Trinajstić information content (AvgIpc) is 2.09. The summed E-state index contributed by atoms with van der Waals surface area (Å²) in [5.74, 6) is -2.95. The molecule has 4 heteroatoms. The Morgan fingerprint density at radius 1 is 1.46 bits per heavy atom. The van der Waals surface area contributed by atoms with Crippen LogP contribution in [-0.2, 0) is 5.92 Å². The van der Waals surface area contributed by atoms with E-state index in [-0.39, 0.29) is 5.56 Å². The molecule has 0 aliphatic heterocycles. The first kappa shape index (κ1) is 10.6. The molecule has 1 nitrogen and oxygen atoms in total. The molecule has 0 aliphatic rings. The Morgan fingerprint density at radius 2 is 2.08 bits per heavy atom. The largest absolute Gasteiger partial charge is 0.325 e. The third-order valence-corrected chi connectivity index (χ3v) is 2.46. The minimum absolute atomic E-state index is 0.0463. The number of alkyl halides is 2. The van der Waals surface area contributed by atoms with Gasteiger partial charge in [0.2, 0.25) is 0 Å². The van der Waals surface area contributed by atoms with Gasteiger partial charge >= 0.3 is 0 Å². The van der Waals surface area contributed by atoms with Crippen molar-refractivity contribution in [2.75, 3.05) is 6.54 Å². The molecule has 0 radical (unpaired) electrons. The monoisotopic (exact) mass is 249 g/mol. The van der Waals surface area contributed by atoms with Gasteiger partial charge in [0.25, 0.3) is 5.92 Å². The number of benzene rings is 1. The number of rotatable bonds is 2.